The van der Waals surface area contributed by atoms with Crippen LogP contribution in [0.25, 0.3) is 0 Å². The van der Waals surface area contributed by atoms with Crippen LogP contribution in [0, 0.1) is 11.8 Å². The number of hydrogen-bond acceptors (Lipinski definition) is 2. The molecule has 1 aromatic carbocycles. The van der Waals surface area contributed by atoms with Crippen molar-refractivity contribution in [3.8, 4) is 0 Å². The molecule has 3 nitrogen and oxygen atoms in total. The van der Waals surface area contributed by atoms with Gasteiger partial charge in [0, 0.05) is 11.9 Å². The third kappa shape index (κ3) is 3.54. The molecule has 0 saturated heterocycles. The predicted octanol–water partition coefficient (Wildman–Crippen LogP) is 3.18. The third-order valence-corrected chi connectivity index (χ3v) is 6.08. The molecule has 1 aromatic rings. The molecule has 0 radical (unpaired) electrons. The van der Waals surface area contributed by atoms with E-state index >= 15 is 0 Å². The number of hydrogen-bond donors (Lipinski definition) is 1. The Kier molecular flexibility index (Phi) is 5.10. The molecule has 0 amide bonds. The van der Waals surface area contributed by atoms with Crippen LogP contribution in [0.5, 0.6) is 0 Å². The molecule has 2 rings (SSSR count). The molecule has 3 unspecified atom stereocenters. The summed E-state index contributed by atoms with van der Waals surface area (Å²) < 4.78 is 27.6. The van der Waals surface area contributed by atoms with Crippen LogP contribution in [0.3, 0.4) is 0 Å². The molecule has 20 heavy (non-hydrogen) atoms. The van der Waals surface area contributed by atoms with E-state index < -0.39 is 10.0 Å². The van der Waals surface area contributed by atoms with Crippen molar-refractivity contribution in [1.29, 1.82) is 0 Å². The van der Waals surface area contributed by atoms with Crippen LogP contribution in [-0.4, -0.2) is 20.3 Å². The number of benzene rings is 1. The van der Waals surface area contributed by atoms with Crippen LogP contribution >= 0.6 is 11.6 Å². The number of rotatable bonds is 5. The van der Waals surface area contributed by atoms with Gasteiger partial charge in [0.1, 0.15) is 0 Å². The van der Waals surface area contributed by atoms with E-state index in [4.69, 9.17) is 11.6 Å². The van der Waals surface area contributed by atoms with Crippen molar-refractivity contribution in [2.75, 3.05) is 5.88 Å². The van der Waals surface area contributed by atoms with E-state index in [9.17, 15) is 8.42 Å². The van der Waals surface area contributed by atoms with Crippen LogP contribution < -0.4 is 4.72 Å². The number of aryl methyl sites for hydroxylation is 1. The number of sulfonamides is 1. The summed E-state index contributed by atoms with van der Waals surface area (Å²) in [5.74, 6) is 1.51. The maximum Gasteiger partial charge on any atom is 0.240 e. The molecule has 1 aliphatic carbocycles. The van der Waals surface area contributed by atoms with Crippen molar-refractivity contribution in [1.82, 2.24) is 4.72 Å². The van der Waals surface area contributed by atoms with Gasteiger partial charge in [-0.05, 0) is 48.8 Å². The fourth-order valence-corrected chi connectivity index (χ4v) is 4.32. The Hall–Kier alpha value is -0.580. The van der Waals surface area contributed by atoms with Crippen molar-refractivity contribution in [3.05, 3.63) is 29.8 Å². The van der Waals surface area contributed by atoms with Crippen LogP contribution in [0.4, 0.5) is 0 Å². The van der Waals surface area contributed by atoms with Crippen molar-refractivity contribution in [2.24, 2.45) is 11.8 Å². The number of alkyl halides is 1. The number of nitrogens with one attached hydrogen (secondary N) is 1. The summed E-state index contributed by atoms with van der Waals surface area (Å²) in [7, 11) is -3.41. The zero-order valence-corrected chi connectivity index (χ0v) is 13.5. The monoisotopic (exact) mass is 315 g/mol. The van der Waals surface area contributed by atoms with Gasteiger partial charge < -0.3 is 0 Å². The zero-order chi connectivity index (χ0) is 14.8. The molecule has 0 aromatic heterocycles. The van der Waals surface area contributed by atoms with Gasteiger partial charge >= 0.3 is 0 Å². The molecule has 0 heterocycles. The normalized spacial score (nSPS) is 26.9. The van der Waals surface area contributed by atoms with Crippen LogP contribution in [0.15, 0.2) is 29.2 Å². The van der Waals surface area contributed by atoms with Gasteiger partial charge in [-0.2, -0.15) is 0 Å². The third-order valence-electron chi connectivity index (χ3n) is 4.39. The molecular weight excluding hydrogens is 294 g/mol. The first-order valence-electron chi connectivity index (χ1n) is 7.11. The van der Waals surface area contributed by atoms with Crippen LogP contribution in [0.2, 0.25) is 0 Å². The standard InChI is InChI=1S/C15H22ClNO2S/c1-11-3-8-15(12(11)2)17-20(18,19)14-6-4-13(5-7-14)9-10-16/h4-7,11-12,15,17H,3,8-10H2,1-2H3. The van der Waals surface area contributed by atoms with E-state index in [0.29, 0.717) is 22.6 Å². The largest absolute Gasteiger partial charge is 0.240 e. The van der Waals surface area contributed by atoms with Gasteiger partial charge in [0.15, 0.2) is 0 Å². The Morgan fingerprint density at radius 2 is 1.85 bits per heavy atom. The Morgan fingerprint density at radius 3 is 2.35 bits per heavy atom. The van der Waals surface area contributed by atoms with Gasteiger partial charge in [0.05, 0.1) is 4.90 Å². The maximum absolute atomic E-state index is 12.4. The van der Waals surface area contributed by atoms with Gasteiger partial charge in [0.25, 0.3) is 0 Å². The molecule has 112 valence electrons. The second-order valence-electron chi connectivity index (χ2n) is 5.72. The smallest absolute Gasteiger partial charge is 0.208 e. The fraction of sp³-hybridized carbons (Fsp3) is 0.600. The van der Waals surface area contributed by atoms with Crippen molar-refractivity contribution >= 4 is 21.6 Å². The first-order valence-corrected chi connectivity index (χ1v) is 9.13. The highest BCUT2D eigenvalue weighted by molar-refractivity contribution is 7.89. The lowest BCUT2D eigenvalue weighted by Gasteiger charge is -2.19. The minimum atomic E-state index is -3.41. The molecule has 3 atom stereocenters. The Balaban J connectivity index is 2.10. The summed E-state index contributed by atoms with van der Waals surface area (Å²) >= 11 is 5.68. The Morgan fingerprint density at radius 1 is 1.20 bits per heavy atom. The van der Waals surface area contributed by atoms with E-state index in [1.165, 1.54) is 0 Å². The summed E-state index contributed by atoms with van der Waals surface area (Å²) in [6, 6.07) is 7.04. The molecule has 1 N–H and O–H groups in total. The highest BCUT2D eigenvalue weighted by atomic mass is 35.5. The number of halogens is 1. The fourth-order valence-electron chi connectivity index (χ4n) is 2.74. The minimum absolute atomic E-state index is 0.0533. The van der Waals surface area contributed by atoms with Crippen molar-refractivity contribution < 1.29 is 8.42 Å². The SMILES string of the molecule is CC1CCC(NS(=O)(=O)c2ccc(CCCl)cc2)C1C. The highest BCUT2D eigenvalue weighted by Crippen LogP contribution is 2.32. The van der Waals surface area contributed by atoms with Gasteiger partial charge in [-0.3, -0.25) is 0 Å². The van der Waals surface area contributed by atoms with Crippen LogP contribution in [0.1, 0.15) is 32.3 Å². The van der Waals surface area contributed by atoms with Gasteiger partial charge in [-0.15, -0.1) is 11.6 Å². The maximum atomic E-state index is 12.4. The van der Waals surface area contributed by atoms with Crippen molar-refractivity contribution in [2.45, 2.75) is 44.0 Å². The van der Waals surface area contributed by atoms with E-state index in [1.54, 1.807) is 12.1 Å². The molecule has 1 fully saturated rings. The summed E-state index contributed by atoms with van der Waals surface area (Å²) in [5, 5.41) is 0. The van der Waals surface area contributed by atoms with Gasteiger partial charge in [0.2, 0.25) is 10.0 Å². The van der Waals surface area contributed by atoms with Crippen LogP contribution in [-0.2, 0) is 16.4 Å². The summed E-state index contributed by atoms with van der Waals surface area (Å²) in [5.41, 5.74) is 1.06. The first-order chi connectivity index (χ1) is 9.44. The first kappa shape index (κ1) is 15.8. The Labute approximate surface area is 126 Å². The lowest BCUT2D eigenvalue weighted by atomic mass is 9.98. The van der Waals surface area contributed by atoms with Crippen molar-refractivity contribution in [3.63, 3.8) is 0 Å². The average Bonchev–Trinajstić information content (AvgIpc) is 2.71. The lowest BCUT2D eigenvalue weighted by Crippen LogP contribution is -2.37. The molecule has 1 aliphatic rings. The van der Waals surface area contributed by atoms with Gasteiger partial charge in [-0.25, -0.2) is 13.1 Å². The zero-order valence-electron chi connectivity index (χ0n) is 12.0. The second-order valence-corrected chi connectivity index (χ2v) is 7.82. The van der Waals surface area contributed by atoms with E-state index in [0.717, 1.165) is 24.8 Å². The molecule has 1 saturated carbocycles. The van der Waals surface area contributed by atoms with E-state index in [2.05, 4.69) is 18.6 Å². The molecular formula is C15H22ClNO2S. The topological polar surface area (TPSA) is 46.2 Å². The summed E-state index contributed by atoms with van der Waals surface area (Å²) in [6.45, 7) is 4.30. The lowest BCUT2D eigenvalue weighted by molar-refractivity contribution is 0.402. The average molecular weight is 316 g/mol. The minimum Gasteiger partial charge on any atom is -0.208 e. The highest BCUT2D eigenvalue weighted by Gasteiger charge is 2.32. The molecule has 0 bridgehead atoms. The molecule has 5 heteroatoms. The quantitative estimate of drug-likeness (QED) is 0.848. The van der Waals surface area contributed by atoms with E-state index in [-0.39, 0.29) is 6.04 Å². The van der Waals surface area contributed by atoms with E-state index in [1.807, 2.05) is 12.1 Å². The Bertz CT molecular complexity index is 541. The predicted molar refractivity (Wildman–Crippen MR) is 82.5 cm³/mol. The van der Waals surface area contributed by atoms with Gasteiger partial charge in [-0.1, -0.05) is 26.0 Å². The molecule has 0 aliphatic heterocycles. The summed E-state index contributed by atoms with van der Waals surface area (Å²) in [4.78, 5) is 0.336. The second kappa shape index (κ2) is 6.46. The summed E-state index contributed by atoms with van der Waals surface area (Å²) in [6.07, 6.45) is 2.77. The molecule has 0 spiro atoms.